The van der Waals surface area contributed by atoms with E-state index in [9.17, 15) is 9.90 Å². The van der Waals surface area contributed by atoms with Crippen molar-refractivity contribution in [3.63, 3.8) is 0 Å². The minimum Gasteiger partial charge on any atom is -0.506 e. The van der Waals surface area contributed by atoms with Gasteiger partial charge in [0.05, 0.1) is 11.2 Å². The van der Waals surface area contributed by atoms with Crippen LogP contribution in [-0.2, 0) is 0 Å². The second-order valence-electron chi connectivity index (χ2n) is 5.05. The fraction of sp³-hybridized carbons (Fsp3) is 0. The summed E-state index contributed by atoms with van der Waals surface area (Å²) in [7, 11) is 0. The first-order valence-electron chi connectivity index (χ1n) is 6.96. The number of oxazole rings is 1. The minimum absolute atomic E-state index is 0.0571. The lowest BCUT2D eigenvalue weighted by Gasteiger charge is -2.03. The number of benzene rings is 3. The predicted octanol–water partition coefficient (Wildman–Crippen LogP) is 4.40. The number of nitrogens with zero attached hydrogens (tertiary/aromatic N) is 2. The Balaban J connectivity index is 1.80. The Morgan fingerprint density at radius 3 is 2.78 bits per heavy atom. The molecule has 0 bridgehead atoms. The molecular formula is C17H11N3O3. The van der Waals surface area contributed by atoms with Crippen LogP contribution in [-0.4, -0.2) is 10.1 Å². The predicted molar refractivity (Wildman–Crippen MR) is 86.6 cm³/mol. The molecule has 0 saturated carbocycles. The topological polar surface area (TPSA) is 91.0 Å². The van der Waals surface area contributed by atoms with E-state index >= 15 is 0 Å². The van der Waals surface area contributed by atoms with Crippen molar-refractivity contribution < 1.29 is 9.52 Å². The standard InChI is InChI=1S/C17H11N3O3/c21-14-8-5-10-3-1-2-4-12(10)16(14)20-19-11-6-7-13-15(9-11)23-17(22)18-13/h1-9,21H,(H,18,22). The van der Waals surface area contributed by atoms with E-state index in [2.05, 4.69) is 15.2 Å². The van der Waals surface area contributed by atoms with E-state index in [1.54, 1.807) is 24.3 Å². The molecule has 4 aromatic rings. The van der Waals surface area contributed by atoms with Gasteiger partial charge in [-0.15, -0.1) is 5.11 Å². The first kappa shape index (κ1) is 13.3. The van der Waals surface area contributed by atoms with Crippen LogP contribution >= 0.6 is 0 Å². The van der Waals surface area contributed by atoms with Crippen molar-refractivity contribution >= 4 is 33.2 Å². The van der Waals surface area contributed by atoms with Crippen LogP contribution in [0.3, 0.4) is 0 Å². The van der Waals surface area contributed by atoms with Crippen LogP contribution in [0.15, 0.2) is 74.0 Å². The highest BCUT2D eigenvalue weighted by Gasteiger charge is 2.06. The Morgan fingerprint density at radius 1 is 1.00 bits per heavy atom. The number of hydrogen-bond donors (Lipinski definition) is 2. The third-order valence-corrected chi connectivity index (χ3v) is 3.55. The van der Waals surface area contributed by atoms with E-state index < -0.39 is 5.76 Å². The largest absolute Gasteiger partial charge is 0.506 e. The number of fused-ring (bicyclic) bond motifs is 2. The molecule has 112 valence electrons. The number of hydrogen-bond acceptors (Lipinski definition) is 5. The molecule has 0 amide bonds. The van der Waals surface area contributed by atoms with Crippen LogP contribution in [0, 0.1) is 0 Å². The molecule has 0 aliphatic rings. The van der Waals surface area contributed by atoms with E-state index in [1.807, 2.05) is 30.3 Å². The maximum Gasteiger partial charge on any atom is 0.417 e. The summed E-state index contributed by atoms with van der Waals surface area (Å²) in [6.45, 7) is 0. The van der Waals surface area contributed by atoms with E-state index in [-0.39, 0.29) is 5.75 Å². The lowest BCUT2D eigenvalue weighted by Crippen LogP contribution is -1.92. The van der Waals surface area contributed by atoms with Crippen LogP contribution in [0.5, 0.6) is 5.75 Å². The molecule has 3 aromatic carbocycles. The van der Waals surface area contributed by atoms with Crippen molar-refractivity contribution in [2.24, 2.45) is 10.2 Å². The smallest absolute Gasteiger partial charge is 0.417 e. The van der Waals surface area contributed by atoms with Crippen molar-refractivity contribution in [1.82, 2.24) is 4.98 Å². The number of azo groups is 1. The number of phenols is 1. The van der Waals surface area contributed by atoms with E-state index in [0.717, 1.165) is 10.8 Å². The number of rotatable bonds is 2. The van der Waals surface area contributed by atoms with Gasteiger partial charge in [0.15, 0.2) is 5.58 Å². The maximum atomic E-state index is 11.2. The fourth-order valence-electron chi connectivity index (χ4n) is 2.45. The number of H-pyrrole nitrogens is 1. The summed E-state index contributed by atoms with van der Waals surface area (Å²) in [5, 5.41) is 20.1. The number of aromatic amines is 1. The van der Waals surface area contributed by atoms with Gasteiger partial charge in [0.25, 0.3) is 0 Å². The van der Waals surface area contributed by atoms with Gasteiger partial charge in [0.2, 0.25) is 0 Å². The lowest BCUT2D eigenvalue weighted by atomic mass is 10.1. The second-order valence-corrected chi connectivity index (χ2v) is 5.05. The molecule has 23 heavy (non-hydrogen) atoms. The van der Waals surface area contributed by atoms with Gasteiger partial charge in [-0.2, -0.15) is 5.11 Å². The highest BCUT2D eigenvalue weighted by atomic mass is 16.4. The Hall–Kier alpha value is -3.41. The van der Waals surface area contributed by atoms with Crippen molar-refractivity contribution in [3.05, 3.63) is 65.1 Å². The maximum absolute atomic E-state index is 11.2. The third-order valence-electron chi connectivity index (χ3n) is 3.55. The lowest BCUT2D eigenvalue weighted by molar-refractivity contribution is 0.477. The monoisotopic (exact) mass is 305 g/mol. The molecule has 4 rings (SSSR count). The quantitative estimate of drug-likeness (QED) is 0.538. The molecule has 6 nitrogen and oxygen atoms in total. The van der Waals surface area contributed by atoms with Crippen LogP contribution in [0.2, 0.25) is 0 Å². The summed E-state index contributed by atoms with van der Waals surface area (Å²) in [5.41, 5.74) is 1.93. The normalized spacial score (nSPS) is 11.7. The Labute approximate surface area is 129 Å². The molecule has 0 unspecified atom stereocenters. The Kier molecular flexibility index (Phi) is 2.94. The molecule has 1 heterocycles. The fourth-order valence-corrected chi connectivity index (χ4v) is 2.45. The summed E-state index contributed by atoms with van der Waals surface area (Å²) in [5.74, 6) is -0.456. The van der Waals surface area contributed by atoms with Crippen LogP contribution in [0.25, 0.3) is 21.9 Å². The Bertz CT molecular complexity index is 1110. The summed E-state index contributed by atoms with van der Waals surface area (Å²) in [6, 6.07) is 16.0. The summed E-state index contributed by atoms with van der Waals surface area (Å²) >= 11 is 0. The van der Waals surface area contributed by atoms with Gasteiger partial charge in [-0.05, 0) is 23.6 Å². The average Bonchev–Trinajstić information content (AvgIpc) is 2.93. The zero-order chi connectivity index (χ0) is 15.8. The van der Waals surface area contributed by atoms with E-state index in [0.29, 0.717) is 22.5 Å². The summed E-state index contributed by atoms with van der Waals surface area (Å²) in [4.78, 5) is 13.7. The number of nitrogens with one attached hydrogen (secondary N) is 1. The zero-order valence-corrected chi connectivity index (χ0v) is 11.9. The first-order valence-corrected chi connectivity index (χ1v) is 6.96. The number of aromatic hydroxyl groups is 1. The molecule has 0 spiro atoms. The zero-order valence-electron chi connectivity index (χ0n) is 11.9. The van der Waals surface area contributed by atoms with Gasteiger partial charge in [-0.25, -0.2) is 4.79 Å². The molecule has 0 atom stereocenters. The van der Waals surface area contributed by atoms with Crippen LogP contribution < -0.4 is 5.76 Å². The van der Waals surface area contributed by atoms with E-state index in [1.165, 1.54) is 0 Å². The van der Waals surface area contributed by atoms with Crippen molar-refractivity contribution in [2.75, 3.05) is 0 Å². The van der Waals surface area contributed by atoms with Gasteiger partial charge < -0.3 is 9.52 Å². The van der Waals surface area contributed by atoms with Crippen molar-refractivity contribution in [1.29, 1.82) is 0 Å². The van der Waals surface area contributed by atoms with Gasteiger partial charge >= 0.3 is 5.76 Å². The summed E-state index contributed by atoms with van der Waals surface area (Å²) < 4.78 is 4.99. The molecule has 6 heteroatoms. The van der Waals surface area contributed by atoms with Crippen molar-refractivity contribution in [2.45, 2.75) is 0 Å². The SMILES string of the molecule is O=c1[nH]c2ccc(N=Nc3c(O)ccc4ccccc34)cc2o1. The highest BCUT2D eigenvalue weighted by Crippen LogP contribution is 2.36. The second kappa shape index (κ2) is 5.10. The molecule has 0 fully saturated rings. The van der Waals surface area contributed by atoms with Crippen LogP contribution in [0.1, 0.15) is 0 Å². The highest BCUT2D eigenvalue weighted by molar-refractivity contribution is 5.95. The third kappa shape index (κ3) is 2.36. The molecule has 0 aliphatic carbocycles. The first-order chi connectivity index (χ1) is 11.2. The Morgan fingerprint density at radius 2 is 1.87 bits per heavy atom. The summed E-state index contributed by atoms with van der Waals surface area (Å²) in [6.07, 6.45) is 0. The van der Waals surface area contributed by atoms with Gasteiger partial charge in [-0.3, -0.25) is 4.98 Å². The van der Waals surface area contributed by atoms with Gasteiger partial charge in [-0.1, -0.05) is 30.3 Å². The van der Waals surface area contributed by atoms with Crippen molar-refractivity contribution in [3.8, 4) is 5.75 Å². The molecule has 2 N–H and O–H groups in total. The molecule has 0 saturated heterocycles. The molecule has 0 radical (unpaired) electrons. The van der Waals surface area contributed by atoms with Crippen LogP contribution in [0.4, 0.5) is 11.4 Å². The number of phenolic OH excluding ortho intramolecular Hbond substituents is 1. The molecule has 0 aliphatic heterocycles. The molecule has 1 aromatic heterocycles. The average molecular weight is 305 g/mol. The number of aromatic nitrogens is 1. The van der Waals surface area contributed by atoms with E-state index in [4.69, 9.17) is 4.42 Å². The van der Waals surface area contributed by atoms with Gasteiger partial charge in [0, 0.05) is 11.5 Å². The molecular weight excluding hydrogens is 294 g/mol. The minimum atomic E-state index is -0.513. The van der Waals surface area contributed by atoms with Gasteiger partial charge in [0.1, 0.15) is 11.4 Å².